The van der Waals surface area contributed by atoms with E-state index < -0.39 is 15.6 Å². The van der Waals surface area contributed by atoms with Gasteiger partial charge in [-0.2, -0.15) is 4.31 Å². The average molecular weight is 248 g/mol. The van der Waals surface area contributed by atoms with E-state index in [9.17, 15) is 8.42 Å². The fourth-order valence-electron chi connectivity index (χ4n) is 2.06. The van der Waals surface area contributed by atoms with E-state index in [4.69, 9.17) is 5.73 Å². The molecule has 0 spiro atoms. The normalized spacial score (nSPS) is 20.3. The predicted octanol–water partition coefficient (Wildman–Crippen LogP) is 1.32. The lowest BCUT2D eigenvalue weighted by Crippen LogP contribution is -2.52. The molecule has 0 heterocycles. The zero-order valence-electron chi connectivity index (χ0n) is 10.6. The standard InChI is InChI=1S/C11H24N2O2S/c1-11(2,9-12)13(3)16(14,15)10-7-5-4-6-8-10/h10H,4-9,12H2,1-3H3. The molecule has 0 aliphatic heterocycles. The van der Waals surface area contributed by atoms with E-state index in [1.165, 1.54) is 4.31 Å². The van der Waals surface area contributed by atoms with Crippen LogP contribution in [0.1, 0.15) is 46.0 Å². The van der Waals surface area contributed by atoms with Gasteiger partial charge in [0.1, 0.15) is 0 Å². The first kappa shape index (κ1) is 13.9. The van der Waals surface area contributed by atoms with Gasteiger partial charge in [0, 0.05) is 19.1 Å². The molecule has 0 aromatic carbocycles. The van der Waals surface area contributed by atoms with Gasteiger partial charge in [-0.1, -0.05) is 19.3 Å². The summed E-state index contributed by atoms with van der Waals surface area (Å²) in [5, 5.41) is -0.197. The van der Waals surface area contributed by atoms with Crippen LogP contribution < -0.4 is 5.73 Å². The minimum Gasteiger partial charge on any atom is -0.329 e. The molecule has 0 bridgehead atoms. The van der Waals surface area contributed by atoms with Gasteiger partial charge in [0.2, 0.25) is 10.0 Å². The van der Waals surface area contributed by atoms with Crippen LogP contribution in [0.25, 0.3) is 0 Å². The van der Waals surface area contributed by atoms with Crippen molar-refractivity contribution in [2.45, 2.75) is 56.7 Å². The molecule has 1 rings (SSSR count). The highest BCUT2D eigenvalue weighted by molar-refractivity contribution is 7.89. The predicted molar refractivity (Wildman–Crippen MR) is 66.7 cm³/mol. The summed E-state index contributed by atoms with van der Waals surface area (Å²) in [6, 6.07) is 0. The van der Waals surface area contributed by atoms with Crippen LogP contribution in [0.5, 0.6) is 0 Å². The topological polar surface area (TPSA) is 63.4 Å². The van der Waals surface area contributed by atoms with E-state index >= 15 is 0 Å². The van der Waals surface area contributed by atoms with Crippen LogP contribution in [-0.4, -0.2) is 37.1 Å². The van der Waals surface area contributed by atoms with Crippen molar-refractivity contribution >= 4 is 10.0 Å². The van der Waals surface area contributed by atoms with Gasteiger partial charge >= 0.3 is 0 Å². The third-order valence-corrected chi connectivity index (χ3v) is 6.28. The van der Waals surface area contributed by atoms with Crippen LogP contribution >= 0.6 is 0 Å². The summed E-state index contributed by atoms with van der Waals surface area (Å²) in [5.41, 5.74) is 5.14. The highest BCUT2D eigenvalue weighted by Crippen LogP contribution is 2.28. The summed E-state index contributed by atoms with van der Waals surface area (Å²) in [5.74, 6) is 0. The second-order valence-corrected chi connectivity index (χ2v) is 7.53. The highest BCUT2D eigenvalue weighted by Gasteiger charge is 2.37. The van der Waals surface area contributed by atoms with Crippen LogP contribution in [0.3, 0.4) is 0 Å². The SMILES string of the molecule is CN(C(C)(C)CN)S(=O)(=O)C1CCCCC1. The molecule has 0 amide bonds. The van der Waals surface area contributed by atoms with Crippen LogP contribution in [0.2, 0.25) is 0 Å². The lowest BCUT2D eigenvalue weighted by atomic mass is 10.0. The molecular formula is C11H24N2O2S. The lowest BCUT2D eigenvalue weighted by Gasteiger charge is -2.37. The summed E-state index contributed by atoms with van der Waals surface area (Å²) in [6.45, 7) is 4.08. The number of hydrogen-bond donors (Lipinski definition) is 1. The van der Waals surface area contributed by atoms with Crippen molar-refractivity contribution in [1.29, 1.82) is 0 Å². The number of rotatable bonds is 4. The molecule has 96 valence electrons. The van der Waals surface area contributed by atoms with Gasteiger partial charge in [-0.3, -0.25) is 0 Å². The summed E-state index contributed by atoms with van der Waals surface area (Å²) in [4.78, 5) is 0. The smallest absolute Gasteiger partial charge is 0.217 e. The van der Waals surface area contributed by atoms with E-state index in [1.54, 1.807) is 7.05 Å². The molecule has 0 aromatic heterocycles. The summed E-state index contributed by atoms with van der Waals surface area (Å²) in [6.07, 6.45) is 4.82. The number of sulfonamides is 1. The highest BCUT2D eigenvalue weighted by atomic mass is 32.2. The molecule has 0 unspecified atom stereocenters. The Morgan fingerprint density at radius 3 is 2.19 bits per heavy atom. The second-order valence-electron chi connectivity index (χ2n) is 5.29. The molecule has 1 aliphatic carbocycles. The monoisotopic (exact) mass is 248 g/mol. The minimum absolute atomic E-state index is 0.197. The minimum atomic E-state index is -3.18. The molecule has 0 aromatic rings. The van der Waals surface area contributed by atoms with Crippen molar-refractivity contribution in [2.75, 3.05) is 13.6 Å². The summed E-state index contributed by atoms with van der Waals surface area (Å²) < 4.78 is 26.2. The molecule has 0 saturated heterocycles. The number of hydrogen-bond acceptors (Lipinski definition) is 3. The Balaban J connectivity index is 2.84. The average Bonchev–Trinajstić information content (AvgIpc) is 2.29. The number of nitrogens with two attached hydrogens (primary N) is 1. The Kier molecular flexibility index (Phi) is 4.37. The largest absolute Gasteiger partial charge is 0.329 e. The van der Waals surface area contributed by atoms with Crippen molar-refractivity contribution < 1.29 is 8.42 Å². The number of likely N-dealkylation sites (N-methyl/N-ethyl adjacent to an activating group) is 1. The summed E-state index contributed by atoms with van der Waals surface area (Å²) >= 11 is 0. The van der Waals surface area contributed by atoms with Crippen LogP contribution in [0.15, 0.2) is 0 Å². The third-order valence-electron chi connectivity index (χ3n) is 3.71. The first-order chi connectivity index (χ1) is 7.32. The fraction of sp³-hybridized carbons (Fsp3) is 1.00. The van der Waals surface area contributed by atoms with Gasteiger partial charge in [0.15, 0.2) is 0 Å². The van der Waals surface area contributed by atoms with Gasteiger partial charge in [-0.05, 0) is 26.7 Å². The van der Waals surface area contributed by atoms with E-state index in [-0.39, 0.29) is 5.25 Å². The molecule has 1 aliphatic rings. The number of nitrogens with zero attached hydrogens (tertiary/aromatic N) is 1. The van der Waals surface area contributed by atoms with Crippen molar-refractivity contribution in [3.8, 4) is 0 Å². The second kappa shape index (κ2) is 5.02. The van der Waals surface area contributed by atoms with Gasteiger partial charge in [-0.25, -0.2) is 8.42 Å². The zero-order valence-corrected chi connectivity index (χ0v) is 11.4. The van der Waals surface area contributed by atoms with Gasteiger partial charge in [-0.15, -0.1) is 0 Å². The molecule has 16 heavy (non-hydrogen) atoms. The van der Waals surface area contributed by atoms with E-state index in [0.29, 0.717) is 6.54 Å². The van der Waals surface area contributed by atoms with Crippen LogP contribution in [0, 0.1) is 0 Å². The maximum atomic E-state index is 12.4. The molecule has 5 heteroatoms. The fourth-order valence-corrected chi connectivity index (χ4v) is 4.20. The van der Waals surface area contributed by atoms with Crippen molar-refractivity contribution in [3.05, 3.63) is 0 Å². The van der Waals surface area contributed by atoms with Crippen LogP contribution in [0.4, 0.5) is 0 Å². The van der Waals surface area contributed by atoms with Gasteiger partial charge in [0.25, 0.3) is 0 Å². The molecule has 4 nitrogen and oxygen atoms in total. The molecule has 0 radical (unpaired) electrons. The zero-order chi connectivity index (χ0) is 12.4. The first-order valence-corrected chi connectivity index (χ1v) is 7.50. The Morgan fingerprint density at radius 1 is 1.25 bits per heavy atom. The maximum absolute atomic E-state index is 12.4. The van der Waals surface area contributed by atoms with Crippen molar-refractivity contribution in [3.63, 3.8) is 0 Å². The van der Waals surface area contributed by atoms with Gasteiger partial charge < -0.3 is 5.73 Å². The molecular weight excluding hydrogens is 224 g/mol. The van der Waals surface area contributed by atoms with E-state index in [0.717, 1.165) is 32.1 Å². The molecule has 2 N–H and O–H groups in total. The first-order valence-electron chi connectivity index (χ1n) is 6.00. The van der Waals surface area contributed by atoms with E-state index in [2.05, 4.69) is 0 Å². The van der Waals surface area contributed by atoms with Crippen LogP contribution in [-0.2, 0) is 10.0 Å². The Hall–Kier alpha value is -0.130. The van der Waals surface area contributed by atoms with Crippen molar-refractivity contribution in [1.82, 2.24) is 4.31 Å². The third kappa shape index (κ3) is 2.76. The molecule has 1 fully saturated rings. The van der Waals surface area contributed by atoms with E-state index in [1.807, 2.05) is 13.8 Å². The Bertz CT molecular complexity index is 319. The summed E-state index contributed by atoms with van der Waals surface area (Å²) in [7, 11) is -1.53. The maximum Gasteiger partial charge on any atom is 0.217 e. The Labute approximate surface area is 99.2 Å². The van der Waals surface area contributed by atoms with Crippen molar-refractivity contribution in [2.24, 2.45) is 5.73 Å². The quantitative estimate of drug-likeness (QED) is 0.816. The Morgan fingerprint density at radius 2 is 1.75 bits per heavy atom. The molecule has 0 atom stereocenters. The molecule has 1 saturated carbocycles. The van der Waals surface area contributed by atoms with Gasteiger partial charge in [0.05, 0.1) is 5.25 Å². The lowest BCUT2D eigenvalue weighted by molar-refractivity contribution is 0.267.